The van der Waals surface area contributed by atoms with Crippen LogP contribution < -0.4 is 4.90 Å². The van der Waals surface area contributed by atoms with Gasteiger partial charge in [0.05, 0.1) is 12.1 Å². The van der Waals surface area contributed by atoms with E-state index in [1.165, 1.54) is 10.4 Å². The Labute approximate surface area is 161 Å². The van der Waals surface area contributed by atoms with Crippen LogP contribution in [0.15, 0.2) is 52.5 Å². The Kier molecular flexibility index (Phi) is 4.68. The molecule has 5 nitrogen and oxygen atoms in total. The van der Waals surface area contributed by atoms with Crippen molar-refractivity contribution in [3.63, 3.8) is 0 Å². The van der Waals surface area contributed by atoms with Gasteiger partial charge >= 0.3 is 0 Å². The van der Waals surface area contributed by atoms with E-state index in [4.69, 9.17) is 4.42 Å². The second-order valence-corrected chi connectivity index (χ2v) is 7.69. The van der Waals surface area contributed by atoms with E-state index < -0.39 is 6.10 Å². The minimum atomic E-state index is -0.627. The molecule has 1 atom stereocenters. The zero-order valence-electron chi connectivity index (χ0n) is 15.5. The van der Waals surface area contributed by atoms with Gasteiger partial charge in [-0.1, -0.05) is 0 Å². The fourth-order valence-electron chi connectivity index (χ4n) is 3.09. The first-order chi connectivity index (χ1) is 13.0. The van der Waals surface area contributed by atoms with Gasteiger partial charge in [-0.3, -0.25) is 0 Å². The molecule has 0 bridgehead atoms. The van der Waals surface area contributed by atoms with E-state index >= 15 is 0 Å². The molecular weight excluding hydrogens is 358 g/mol. The second kappa shape index (κ2) is 7.13. The lowest BCUT2D eigenvalue weighted by Crippen LogP contribution is -2.18. The molecule has 1 aromatic carbocycles. The number of aliphatic hydroxyl groups excluding tert-OH is 1. The minimum absolute atomic E-state index is 0.555. The van der Waals surface area contributed by atoms with Crippen LogP contribution in [-0.4, -0.2) is 22.1 Å². The van der Waals surface area contributed by atoms with Crippen LogP contribution in [0.5, 0.6) is 0 Å². The van der Waals surface area contributed by atoms with Gasteiger partial charge < -0.3 is 14.4 Å². The van der Waals surface area contributed by atoms with E-state index in [1.54, 1.807) is 30.7 Å². The van der Waals surface area contributed by atoms with Gasteiger partial charge in [0.15, 0.2) is 0 Å². The smallest absolute Gasteiger partial charge is 0.139 e. The number of furan rings is 1. The Morgan fingerprint density at radius 3 is 2.74 bits per heavy atom. The normalized spacial score (nSPS) is 12.4. The molecule has 0 saturated heterocycles. The van der Waals surface area contributed by atoms with Crippen molar-refractivity contribution in [3.05, 3.63) is 64.3 Å². The standard InChI is InChI=1S/C21H21N3O2S/c1-13-8-9-27-20(13)11-24(3)21-16-10-15(4-5-17(16)22-12-23-21)19-7-6-18(26-19)14(2)25/h4-10,12,14,25H,11H2,1-3H3/t14-/m1/s1. The molecule has 0 aliphatic heterocycles. The van der Waals surface area contributed by atoms with Crippen molar-refractivity contribution in [3.8, 4) is 11.3 Å². The number of hydrogen-bond acceptors (Lipinski definition) is 6. The van der Waals surface area contributed by atoms with Gasteiger partial charge in [0.25, 0.3) is 0 Å². The first kappa shape index (κ1) is 17.7. The number of aryl methyl sites for hydroxylation is 1. The Balaban J connectivity index is 1.73. The van der Waals surface area contributed by atoms with E-state index in [9.17, 15) is 5.11 Å². The topological polar surface area (TPSA) is 62.4 Å². The van der Waals surface area contributed by atoms with Crippen LogP contribution >= 0.6 is 11.3 Å². The van der Waals surface area contributed by atoms with E-state index in [2.05, 4.69) is 33.2 Å². The SMILES string of the molecule is Cc1ccsc1CN(C)c1ncnc2ccc(-c3ccc([C@@H](C)O)o3)cc12. The Morgan fingerprint density at radius 2 is 2.04 bits per heavy atom. The average molecular weight is 379 g/mol. The molecule has 4 aromatic rings. The monoisotopic (exact) mass is 379 g/mol. The number of fused-ring (bicyclic) bond motifs is 1. The molecule has 3 aromatic heterocycles. The molecule has 0 saturated carbocycles. The van der Waals surface area contributed by atoms with Crippen molar-refractivity contribution in [2.24, 2.45) is 0 Å². The highest BCUT2D eigenvalue weighted by Crippen LogP contribution is 2.31. The Bertz CT molecular complexity index is 1080. The number of rotatable bonds is 5. The molecule has 0 fully saturated rings. The molecule has 27 heavy (non-hydrogen) atoms. The molecule has 0 radical (unpaired) electrons. The summed E-state index contributed by atoms with van der Waals surface area (Å²) in [6.45, 7) is 4.62. The van der Waals surface area contributed by atoms with Crippen molar-refractivity contribution in [2.75, 3.05) is 11.9 Å². The van der Waals surface area contributed by atoms with Gasteiger partial charge in [0.1, 0.15) is 29.8 Å². The highest BCUT2D eigenvalue weighted by atomic mass is 32.1. The maximum absolute atomic E-state index is 9.70. The largest absolute Gasteiger partial charge is 0.458 e. The van der Waals surface area contributed by atoms with Gasteiger partial charge in [0, 0.05) is 22.9 Å². The summed E-state index contributed by atoms with van der Waals surface area (Å²) in [5.74, 6) is 2.16. The van der Waals surface area contributed by atoms with Crippen LogP contribution in [0.1, 0.15) is 29.2 Å². The Hall–Kier alpha value is -2.70. The molecule has 0 aliphatic carbocycles. The van der Waals surface area contributed by atoms with Crippen molar-refractivity contribution >= 4 is 28.1 Å². The number of thiophene rings is 1. The predicted molar refractivity (Wildman–Crippen MR) is 109 cm³/mol. The minimum Gasteiger partial charge on any atom is -0.458 e. The molecule has 3 heterocycles. The third-order valence-corrected chi connectivity index (χ3v) is 5.66. The fourth-order valence-corrected chi connectivity index (χ4v) is 4.05. The number of benzene rings is 1. The molecular formula is C21H21N3O2S. The number of hydrogen-bond donors (Lipinski definition) is 1. The first-order valence-electron chi connectivity index (χ1n) is 8.80. The summed E-state index contributed by atoms with van der Waals surface area (Å²) in [6.07, 6.45) is 0.978. The molecule has 0 spiro atoms. The summed E-state index contributed by atoms with van der Waals surface area (Å²) in [5, 5.41) is 12.8. The summed E-state index contributed by atoms with van der Waals surface area (Å²) in [7, 11) is 2.05. The Morgan fingerprint density at radius 1 is 1.19 bits per heavy atom. The summed E-state index contributed by atoms with van der Waals surface area (Å²) < 4.78 is 5.78. The highest BCUT2D eigenvalue weighted by molar-refractivity contribution is 7.10. The summed E-state index contributed by atoms with van der Waals surface area (Å²) in [4.78, 5) is 12.4. The number of aromatic nitrogens is 2. The quantitative estimate of drug-likeness (QED) is 0.532. The lowest BCUT2D eigenvalue weighted by Gasteiger charge is -2.19. The number of nitrogens with zero attached hydrogens (tertiary/aromatic N) is 3. The van der Waals surface area contributed by atoms with Crippen LogP contribution in [0.2, 0.25) is 0 Å². The predicted octanol–water partition coefficient (Wildman–Crippen LogP) is 4.95. The fraction of sp³-hybridized carbons (Fsp3) is 0.238. The van der Waals surface area contributed by atoms with Gasteiger partial charge in [-0.15, -0.1) is 11.3 Å². The molecule has 6 heteroatoms. The molecule has 0 unspecified atom stereocenters. The van der Waals surface area contributed by atoms with Gasteiger partial charge in [-0.25, -0.2) is 9.97 Å². The summed E-state index contributed by atoms with van der Waals surface area (Å²) in [5.41, 5.74) is 3.12. The maximum atomic E-state index is 9.70. The van der Waals surface area contributed by atoms with Crippen LogP contribution in [0, 0.1) is 6.92 Å². The molecule has 4 rings (SSSR count). The summed E-state index contributed by atoms with van der Waals surface area (Å²) in [6, 6.07) is 11.8. The molecule has 1 N–H and O–H groups in total. The van der Waals surface area contributed by atoms with Gasteiger partial charge in [-0.2, -0.15) is 0 Å². The average Bonchev–Trinajstić information content (AvgIpc) is 3.30. The third-order valence-electron chi connectivity index (χ3n) is 4.65. The maximum Gasteiger partial charge on any atom is 0.139 e. The van der Waals surface area contributed by atoms with Gasteiger partial charge in [-0.05, 0) is 61.2 Å². The van der Waals surface area contributed by atoms with Crippen LogP contribution in [-0.2, 0) is 6.54 Å². The van der Waals surface area contributed by atoms with E-state index in [-0.39, 0.29) is 0 Å². The van der Waals surface area contributed by atoms with Crippen molar-refractivity contribution in [1.82, 2.24) is 9.97 Å². The summed E-state index contributed by atoms with van der Waals surface area (Å²) >= 11 is 1.76. The molecule has 0 aliphatic rings. The molecule has 0 amide bonds. The van der Waals surface area contributed by atoms with E-state index in [0.29, 0.717) is 5.76 Å². The number of anilines is 1. The van der Waals surface area contributed by atoms with Crippen molar-refractivity contribution in [1.29, 1.82) is 0 Å². The third kappa shape index (κ3) is 3.46. The van der Waals surface area contributed by atoms with E-state index in [0.717, 1.165) is 34.6 Å². The van der Waals surface area contributed by atoms with Crippen molar-refractivity contribution < 1.29 is 9.52 Å². The highest BCUT2D eigenvalue weighted by Gasteiger charge is 2.14. The zero-order chi connectivity index (χ0) is 19.0. The zero-order valence-corrected chi connectivity index (χ0v) is 16.3. The van der Waals surface area contributed by atoms with Gasteiger partial charge in [0.2, 0.25) is 0 Å². The molecule has 138 valence electrons. The second-order valence-electron chi connectivity index (χ2n) is 6.69. The van der Waals surface area contributed by atoms with E-state index in [1.807, 2.05) is 31.3 Å². The van der Waals surface area contributed by atoms with Crippen LogP contribution in [0.4, 0.5) is 5.82 Å². The van der Waals surface area contributed by atoms with Crippen molar-refractivity contribution in [2.45, 2.75) is 26.5 Å². The number of aliphatic hydroxyl groups is 1. The first-order valence-corrected chi connectivity index (χ1v) is 9.68. The lowest BCUT2D eigenvalue weighted by atomic mass is 10.1. The van der Waals surface area contributed by atoms with Crippen LogP contribution in [0.3, 0.4) is 0 Å². The van der Waals surface area contributed by atoms with Crippen LogP contribution in [0.25, 0.3) is 22.2 Å². The lowest BCUT2D eigenvalue weighted by molar-refractivity contribution is 0.170.